The second-order valence-corrected chi connectivity index (χ2v) is 5.41. The van der Waals surface area contributed by atoms with Crippen molar-refractivity contribution in [2.45, 2.75) is 6.61 Å². The minimum Gasteiger partial charge on any atom is -0.493 e. The number of H-pyrrole nitrogens is 1. The molecule has 2 aromatic carbocycles. The van der Waals surface area contributed by atoms with Crippen LogP contribution in [-0.4, -0.2) is 30.8 Å². The van der Waals surface area contributed by atoms with Crippen molar-refractivity contribution in [1.82, 2.24) is 9.97 Å². The Balaban J connectivity index is 2.07. The Morgan fingerprint density at radius 2 is 1.85 bits per heavy atom. The van der Waals surface area contributed by atoms with Crippen LogP contribution >= 0.6 is 0 Å². The Bertz CT molecular complexity index is 980. The molecule has 1 N–H and O–H groups in total. The third-order valence-corrected chi connectivity index (χ3v) is 3.77. The number of allylic oxidation sites excluding steroid dienone is 1. The van der Waals surface area contributed by atoms with Gasteiger partial charge in [-0.3, -0.25) is 0 Å². The molecule has 1 heterocycles. The molecule has 0 amide bonds. The van der Waals surface area contributed by atoms with Crippen LogP contribution in [0.15, 0.2) is 36.4 Å². The second-order valence-electron chi connectivity index (χ2n) is 5.41. The van der Waals surface area contributed by atoms with Crippen LogP contribution in [0.3, 0.4) is 0 Å². The number of imidazole rings is 1. The van der Waals surface area contributed by atoms with Crippen molar-refractivity contribution in [3.05, 3.63) is 47.8 Å². The maximum atomic E-state index is 12.6. The standard InChI is InChI=1S/C19H15F2N3O3/c1-25-15-8-11(9-16(26-2)17(15)27-19(20)21)7-12(10-22)18-23-13-5-3-4-6-14(13)24-18/h3-9,19H,1-2H3,(H,23,24)/b12-7+. The average Bonchev–Trinajstić information content (AvgIpc) is 3.10. The minimum absolute atomic E-state index is 0.0581. The lowest BCUT2D eigenvalue weighted by Gasteiger charge is -2.14. The summed E-state index contributed by atoms with van der Waals surface area (Å²) in [5.41, 5.74) is 2.29. The van der Waals surface area contributed by atoms with E-state index in [1.54, 1.807) is 6.08 Å². The van der Waals surface area contributed by atoms with Crippen molar-refractivity contribution in [2.24, 2.45) is 0 Å². The van der Waals surface area contributed by atoms with E-state index in [0.29, 0.717) is 11.4 Å². The predicted octanol–water partition coefficient (Wildman–Crippen LogP) is 4.25. The Morgan fingerprint density at radius 3 is 2.41 bits per heavy atom. The number of alkyl halides is 2. The van der Waals surface area contributed by atoms with Crippen molar-refractivity contribution in [3.8, 4) is 23.3 Å². The number of nitriles is 1. The smallest absolute Gasteiger partial charge is 0.387 e. The van der Waals surface area contributed by atoms with Gasteiger partial charge in [0.05, 0.1) is 30.8 Å². The number of halogens is 2. The van der Waals surface area contributed by atoms with Crippen molar-refractivity contribution in [2.75, 3.05) is 14.2 Å². The number of benzene rings is 2. The molecule has 0 aliphatic rings. The second kappa shape index (κ2) is 7.74. The molecule has 3 aromatic rings. The van der Waals surface area contributed by atoms with Gasteiger partial charge in [-0.2, -0.15) is 14.0 Å². The van der Waals surface area contributed by atoms with Crippen LogP contribution in [0.2, 0.25) is 0 Å². The third kappa shape index (κ3) is 3.82. The highest BCUT2D eigenvalue weighted by Crippen LogP contribution is 2.40. The quantitative estimate of drug-likeness (QED) is 0.656. The van der Waals surface area contributed by atoms with E-state index in [9.17, 15) is 14.0 Å². The van der Waals surface area contributed by atoms with Crippen LogP contribution in [-0.2, 0) is 0 Å². The fourth-order valence-corrected chi connectivity index (χ4v) is 2.59. The molecule has 0 saturated carbocycles. The van der Waals surface area contributed by atoms with Crippen LogP contribution in [0, 0.1) is 11.3 Å². The molecule has 8 heteroatoms. The van der Waals surface area contributed by atoms with Crippen molar-refractivity contribution < 1.29 is 23.0 Å². The van der Waals surface area contributed by atoms with Gasteiger partial charge in [-0.1, -0.05) is 12.1 Å². The van der Waals surface area contributed by atoms with Gasteiger partial charge in [0.1, 0.15) is 11.9 Å². The first-order valence-electron chi connectivity index (χ1n) is 7.83. The monoisotopic (exact) mass is 371 g/mol. The lowest BCUT2D eigenvalue weighted by molar-refractivity contribution is -0.0526. The summed E-state index contributed by atoms with van der Waals surface area (Å²) < 4.78 is 40.0. The molecule has 27 heavy (non-hydrogen) atoms. The van der Waals surface area contributed by atoms with E-state index < -0.39 is 6.61 Å². The van der Waals surface area contributed by atoms with Gasteiger partial charge in [0, 0.05) is 0 Å². The largest absolute Gasteiger partial charge is 0.493 e. The lowest BCUT2D eigenvalue weighted by Crippen LogP contribution is -2.05. The van der Waals surface area contributed by atoms with Gasteiger partial charge in [0.25, 0.3) is 0 Å². The summed E-state index contributed by atoms with van der Waals surface area (Å²) in [4.78, 5) is 7.46. The van der Waals surface area contributed by atoms with E-state index in [-0.39, 0.29) is 22.8 Å². The fraction of sp³-hybridized carbons (Fsp3) is 0.158. The van der Waals surface area contributed by atoms with Crippen LogP contribution in [0.25, 0.3) is 22.7 Å². The molecule has 0 aliphatic carbocycles. The Morgan fingerprint density at radius 1 is 1.19 bits per heavy atom. The Kier molecular flexibility index (Phi) is 5.22. The number of nitrogens with zero attached hydrogens (tertiary/aromatic N) is 2. The zero-order valence-electron chi connectivity index (χ0n) is 14.5. The number of rotatable bonds is 6. The molecule has 138 valence electrons. The van der Waals surface area contributed by atoms with E-state index in [4.69, 9.17) is 9.47 Å². The van der Waals surface area contributed by atoms with Gasteiger partial charge >= 0.3 is 6.61 Å². The van der Waals surface area contributed by atoms with Gasteiger partial charge in [0.2, 0.25) is 5.75 Å². The molecule has 0 bridgehead atoms. The fourth-order valence-electron chi connectivity index (χ4n) is 2.59. The van der Waals surface area contributed by atoms with Crippen LogP contribution < -0.4 is 14.2 Å². The summed E-state index contributed by atoms with van der Waals surface area (Å²) in [6, 6.07) is 12.4. The highest BCUT2D eigenvalue weighted by Gasteiger charge is 2.18. The van der Waals surface area contributed by atoms with Crippen LogP contribution in [0.1, 0.15) is 11.4 Å². The molecule has 0 spiro atoms. The zero-order valence-corrected chi connectivity index (χ0v) is 14.5. The number of methoxy groups -OCH3 is 2. The van der Waals surface area contributed by atoms with E-state index in [1.165, 1.54) is 26.4 Å². The van der Waals surface area contributed by atoms with Crippen LogP contribution in [0.4, 0.5) is 8.78 Å². The molecule has 1 aromatic heterocycles. The first-order valence-corrected chi connectivity index (χ1v) is 7.83. The number of aromatic nitrogens is 2. The summed E-state index contributed by atoms with van der Waals surface area (Å²) in [6.07, 6.45) is 1.55. The lowest BCUT2D eigenvalue weighted by atomic mass is 10.1. The van der Waals surface area contributed by atoms with Gasteiger partial charge in [-0.15, -0.1) is 0 Å². The number of hydrogen-bond donors (Lipinski definition) is 1. The van der Waals surface area contributed by atoms with Crippen molar-refractivity contribution in [3.63, 3.8) is 0 Å². The summed E-state index contributed by atoms with van der Waals surface area (Å²) in [6.45, 7) is -3.03. The predicted molar refractivity (Wildman–Crippen MR) is 95.8 cm³/mol. The van der Waals surface area contributed by atoms with E-state index in [0.717, 1.165) is 11.0 Å². The first kappa shape index (κ1) is 18.2. The molecule has 0 radical (unpaired) electrons. The summed E-state index contributed by atoms with van der Waals surface area (Å²) >= 11 is 0. The molecular weight excluding hydrogens is 356 g/mol. The normalized spacial score (nSPS) is 11.5. The van der Waals surface area contributed by atoms with E-state index >= 15 is 0 Å². The zero-order chi connectivity index (χ0) is 19.4. The molecule has 0 unspecified atom stereocenters. The number of aromatic amines is 1. The van der Waals surface area contributed by atoms with Gasteiger partial charge in [-0.25, -0.2) is 4.98 Å². The number of nitrogens with one attached hydrogen (secondary N) is 1. The van der Waals surface area contributed by atoms with Crippen molar-refractivity contribution >= 4 is 22.7 Å². The summed E-state index contributed by atoms with van der Waals surface area (Å²) in [7, 11) is 2.65. The average molecular weight is 371 g/mol. The number of hydrogen-bond acceptors (Lipinski definition) is 5. The van der Waals surface area contributed by atoms with E-state index in [1.807, 2.05) is 24.3 Å². The molecule has 0 saturated heterocycles. The maximum absolute atomic E-state index is 12.6. The molecule has 6 nitrogen and oxygen atoms in total. The highest BCUT2D eigenvalue weighted by atomic mass is 19.3. The first-order chi connectivity index (χ1) is 13.0. The minimum atomic E-state index is -3.03. The molecule has 0 aliphatic heterocycles. The molecular formula is C19H15F2N3O3. The number of ether oxygens (including phenoxy) is 3. The summed E-state index contributed by atoms with van der Waals surface area (Å²) in [5.74, 6) is 0.296. The van der Waals surface area contributed by atoms with Gasteiger partial charge < -0.3 is 19.2 Å². The SMILES string of the molecule is COc1cc(/C=C(\C#N)c2nc3ccccc3[nH]2)cc(OC)c1OC(F)F. The Labute approximate surface area is 153 Å². The highest BCUT2D eigenvalue weighted by molar-refractivity contribution is 5.90. The number of para-hydroxylation sites is 2. The van der Waals surface area contributed by atoms with Gasteiger partial charge in [0.15, 0.2) is 11.5 Å². The van der Waals surface area contributed by atoms with Crippen molar-refractivity contribution in [1.29, 1.82) is 5.26 Å². The molecule has 0 fully saturated rings. The summed E-state index contributed by atoms with van der Waals surface area (Å²) in [5, 5.41) is 9.53. The van der Waals surface area contributed by atoms with E-state index in [2.05, 4.69) is 20.8 Å². The van der Waals surface area contributed by atoms with Gasteiger partial charge in [-0.05, 0) is 35.9 Å². The maximum Gasteiger partial charge on any atom is 0.387 e. The molecule has 3 rings (SSSR count). The number of fused-ring (bicyclic) bond motifs is 1. The Hall–Kier alpha value is -3.60. The third-order valence-electron chi connectivity index (χ3n) is 3.77. The molecule has 0 atom stereocenters. The van der Waals surface area contributed by atoms with Crippen LogP contribution in [0.5, 0.6) is 17.2 Å². The topological polar surface area (TPSA) is 80.2 Å².